The van der Waals surface area contributed by atoms with Gasteiger partial charge >= 0.3 is 0 Å². The van der Waals surface area contributed by atoms with E-state index in [2.05, 4.69) is 34.5 Å². The Labute approximate surface area is 147 Å². The Morgan fingerprint density at radius 1 is 0.864 bits per heavy atom. The molecule has 0 bridgehead atoms. The summed E-state index contributed by atoms with van der Waals surface area (Å²) in [5.41, 5.74) is 2.83. The fourth-order valence-corrected chi connectivity index (χ4v) is 3.67. The second kappa shape index (κ2) is 10.4. The number of anilines is 1. The van der Waals surface area contributed by atoms with Crippen LogP contribution in [0.25, 0.3) is 0 Å². The Balaban J connectivity index is 0.00000121. The molecule has 0 aromatic heterocycles. The Hall–Kier alpha value is -0.440. The van der Waals surface area contributed by atoms with Crippen LogP contribution >= 0.6 is 24.8 Å². The summed E-state index contributed by atoms with van der Waals surface area (Å²) in [5, 5.41) is 3.57. The Bertz CT molecular complexity index is 396. The van der Waals surface area contributed by atoms with Gasteiger partial charge in [0.05, 0.1) is 0 Å². The van der Waals surface area contributed by atoms with Gasteiger partial charge in [0, 0.05) is 18.8 Å². The molecule has 2 nitrogen and oxygen atoms in total. The van der Waals surface area contributed by atoms with E-state index in [9.17, 15) is 0 Å². The zero-order valence-electron chi connectivity index (χ0n) is 13.4. The van der Waals surface area contributed by atoms with E-state index in [1.54, 1.807) is 5.56 Å². The van der Waals surface area contributed by atoms with Crippen molar-refractivity contribution in [2.45, 2.75) is 50.9 Å². The second-order valence-electron chi connectivity index (χ2n) is 6.43. The van der Waals surface area contributed by atoms with E-state index in [-0.39, 0.29) is 24.8 Å². The lowest BCUT2D eigenvalue weighted by Gasteiger charge is -2.26. The number of benzene rings is 1. The van der Waals surface area contributed by atoms with Crippen molar-refractivity contribution in [3.63, 3.8) is 0 Å². The highest BCUT2D eigenvalue weighted by Gasteiger charge is 2.16. The van der Waals surface area contributed by atoms with E-state index in [4.69, 9.17) is 0 Å². The maximum Gasteiger partial charge on any atom is 0.0340 e. The monoisotopic (exact) mass is 344 g/mol. The summed E-state index contributed by atoms with van der Waals surface area (Å²) in [6, 6.07) is 9.20. The zero-order chi connectivity index (χ0) is 13.6. The molecule has 126 valence electrons. The molecule has 0 radical (unpaired) electrons. The van der Waals surface area contributed by atoms with Gasteiger partial charge in [-0.3, -0.25) is 0 Å². The maximum absolute atomic E-state index is 3.57. The lowest BCUT2D eigenvalue weighted by Crippen LogP contribution is -2.33. The summed E-state index contributed by atoms with van der Waals surface area (Å²) in [6.07, 6.45) is 9.81. The molecular weight excluding hydrogens is 315 g/mol. The highest BCUT2D eigenvalue weighted by atomic mass is 35.5. The molecule has 1 N–H and O–H groups in total. The van der Waals surface area contributed by atoms with E-state index in [1.165, 1.54) is 70.3 Å². The molecule has 1 saturated carbocycles. The Morgan fingerprint density at radius 2 is 1.50 bits per heavy atom. The van der Waals surface area contributed by atoms with Crippen molar-refractivity contribution in [2.24, 2.45) is 0 Å². The number of nitrogens with one attached hydrogen (secondary N) is 1. The van der Waals surface area contributed by atoms with Crippen molar-refractivity contribution >= 4 is 30.5 Å². The van der Waals surface area contributed by atoms with Gasteiger partial charge in [-0.15, -0.1) is 24.8 Å². The second-order valence-corrected chi connectivity index (χ2v) is 6.43. The van der Waals surface area contributed by atoms with Gasteiger partial charge in [0.2, 0.25) is 0 Å². The molecule has 1 saturated heterocycles. The number of rotatable bonds is 5. The predicted octanol–water partition coefficient (Wildman–Crippen LogP) is 5.09. The summed E-state index contributed by atoms with van der Waals surface area (Å²) >= 11 is 0. The topological polar surface area (TPSA) is 15.3 Å². The number of hydrogen-bond donors (Lipinski definition) is 1. The van der Waals surface area contributed by atoms with Gasteiger partial charge in [-0.25, -0.2) is 0 Å². The van der Waals surface area contributed by atoms with Crippen molar-refractivity contribution in [3.05, 3.63) is 29.8 Å². The summed E-state index contributed by atoms with van der Waals surface area (Å²) in [7, 11) is 0. The van der Waals surface area contributed by atoms with Gasteiger partial charge in [0.25, 0.3) is 0 Å². The van der Waals surface area contributed by atoms with Crippen molar-refractivity contribution < 1.29 is 0 Å². The fourth-order valence-electron chi connectivity index (χ4n) is 3.67. The highest BCUT2D eigenvalue weighted by molar-refractivity contribution is 5.85. The van der Waals surface area contributed by atoms with Gasteiger partial charge in [0.1, 0.15) is 0 Å². The van der Waals surface area contributed by atoms with Crippen LogP contribution in [-0.2, 0) is 0 Å². The van der Waals surface area contributed by atoms with Crippen molar-refractivity contribution in [1.29, 1.82) is 0 Å². The first-order valence-corrected chi connectivity index (χ1v) is 8.48. The average Bonchev–Trinajstić information content (AvgIpc) is 3.03. The van der Waals surface area contributed by atoms with Crippen LogP contribution in [0.5, 0.6) is 0 Å². The molecule has 0 atom stereocenters. The molecule has 1 aliphatic heterocycles. The van der Waals surface area contributed by atoms with E-state index in [0.717, 1.165) is 12.5 Å². The van der Waals surface area contributed by atoms with Crippen LogP contribution in [0.4, 0.5) is 5.69 Å². The lowest BCUT2D eigenvalue weighted by atomic mass is 9.98. The first kappa shape index (κ1) is 19.6. The smallest absolute Gasteiger partial charge is 0.0340 e. The van der Waals surface area contributed by atoms with E-state index in [0.29, 0.717) is 0 Å². The largest absolute Gasteiger partial charge is 0.384 e. The standard InChI is InChI=1S/C18H28N2.2ClH/c1-4-13-20(14-5-1)15-12-19-18-10-8-17(9-11-18)16-6-2-3-7-16;;/h8-11,16,19H,1-7,12-15H2;2*1H. The first-order chi connectivity index (χ1) is 9.92. The number of hydrogen-bond acceptors (Lipinski definition) is 2. The van der Waals surface area contributed by atoms with Crippen LogP contribution in [0.2, 0.25) is 0 Å². The third kappa shape index (κ3) is 5.64. The molecule has 2 fully saturated rings. The number of piperidine rings is 1. The highest BCUT2D eigenvalue weighted by Crippen LogP contribution is 2.34. The lowest BCUT2D eigenvalue weighted by molar-refractivity contribution is 0.237. The zero-order valence-corrected chi connectivity index (χ0v) is 15.1. The minimum absolute atomic E-state index is 0. The normalized spacial score (nSPS) is 19.3. The van der Waals surface area contributed by atoms with Crippen LogP contribution in [0.3, 0.4) is 0 Å². The van der Waals surface area contributed by atoms with Crippen LogP contribution in [0.1, 0.15) is 56.4 Å². The minimum atomic E-state index is 0. The molecule has 1 aromatic rings. The van der Waals surface area contributed by atoms with Crippen molar-refractivity contribution in [1.82, 2.24) is 4.90 Å². The van der Waals surface area contributed by atoms with Gasteiger partial charge in [-0.05, 0) is 62.4 Å². The molecule has 2 aliphatic rings. The molecule has 1 heterocycles. The number of nitrogens with zero attached hydrogens (tertiary/aromatic N) is 1. The Kier molecular flexibility index (Phi) is 9.23. The van der Waals surface area contributed by atoms with E-state index < -0.39 is 0 Å². The molecule has 0 amide bonds. The van der Waals surface area contributed by atoms with Gasteiger partial charge in [-0.2, -0.15) is 0 Å². The Morgan fingerprint density at radius 3 is 2.14 bits per heavy atom. The number of likely N-dealkylation sites (tertiary alicyclic amines) is 1. The predicted molar refractivity (Wildman–Crippen MR) is 101 cm³/mol. The average molecular weight is 345 g/mol. The molecule has 4 heteroatoms. The first-order valence-electron chi connectivity index (χ1n) is 8.48. The van der Waals surface area contributed by atoms with Crippen molar-refractivity contribution in [3.8, 4) is 0 Å². The van der Waals surface area contributed by atoms with E-state index >= 15 is 0 Å². The third-order valence-electron chi connectivity index (χ3n) is 4.94. The minimum Gasteiger partial charge on any atom is -0.384 e. The van der Waals surface area contributed by atoms with Gasteiger partial charge < -0.3 is 10.2 Å². The molecule has 0 unspecified atom stereocenters. The maximum atomic E-state index is 3.57. The summed E-state index contributed by atoms with van der Waals surface area (Å²) < 4.78 is 0. The van der Waals surface area contributed by atoms with Crippen LogP contribution in [0.15, 0.2) is 24.3 Å². The summed E-state index contributed by atoms with van der Waals surface area (Å²) in [4.78, 5) is 2.59. The van der Waals surface area contributed by atoms with Gasteiger partial charge in [0.15, 0.2) is 0 Å². The third-order valence-corrected chi connectivity index (χ3v) is 4.94. The fraction of sp³-hybridized carbons (Fsp3) is 0.667. The molecular formula is C18H30Cl2N2. The summed E-state index contributed by atoms with van der Waals surface area (Å²) in [6.45, 7) is 4.84. The molecule has 1 aromatic carbocycles. The quantitative estimate of drug-likeness (QED) is 0.800. The molecule has 0 spiro atoms. The van der Waals surface area contributed by atoms with E-state index in [1.807, 2.05) is 0 Å². The van der Waals surface area contributed by atoms with Crippen LogP contribution in [-0.4, -0.2) is 31.1 Å². The summed E-state index contributed by atoms with van der Waals surface area (Å²) in [5.74, 6) is 0.831. The van der Waals surface area contributed by atoms with Crippen LogP contribution < -0.4 is 5.32 Å². The SMILES string of the molecule is Cl.Cl.c1cc(C2CCCC2)ccc1NCCN1CCCCC1. The number of halogens is 2. The van der Waals surface area contributed by atoms with Crippen molar-refractivity contribution in [2.75, 3.05) is 31.5 Å². The molecule has 1 aliphatic carbocycles. The molecule has 3 rings (SSSR count). The van der Waals surface area contributed by atoms with Crippen LogP contribution in [0, 0.1) is 0 Å². The van der Waals surface area contributed by atoms with Gasteiger partial charge in [-0.1, -0.05) is 31.4 Å². The molecule has 22 heavy (non-hydrogen) atoms.